The lowest BCUT2D eigenvalue weighted by Crippen LogP contribution is -2.34. The summed E-state index contributed by atoms with van der Waals surface area (Å²) in [6.45, 7) is 0.288. The molecule has 0 aliphatic carbocycles. The van der Waals surface area contributed by atoms with Gasteiger partial charge in [-0.05, 0) is 0 Å². The van der Waals surface area contributed by atoms with Crippen LogP contribution in [0.5, 0.6) is 0 Å². The third kappa shape index (κ3) is 2.15. The fourth-order valence-electron chi connectivity index (χ4n) is 1.02. The van der Waals surface area contributed by atoms with Crippen LogP contribution in [0.2, 0.25) is 0 Å². The summed E-state index contributed by atoms with van der Waals surface area (Å²) in [6, 6.07) is 0. The molecule has 6 nitrogen and oxygen atoms in total. The van der Waals surface area contributed by atoms with E-state index in [1.807, 2.05) is 0 Å². The molecule has 1 rings (SSSR count). The number of amides is 1. The number of anilines is 2. The minimum atomic E-state index is 0.0214. The SMILES string of the molecule is CN(C)C(=O)CN(C)c1cn[nH]c1N. The maximum atomic E-state index is 11.4. The number of nitrogens with one attached hydrogen (secondary N) is 1. The number of aromatic amines is 1. The Bertz CT molecular complexity index is 319. The van der Waals surface area contributed by atoms with Crippen molar-refractivity contribution in [2.75, 3.05) is 38.3 Å². The summed E-state index contributed by atoms with van der Waals surface area (Å²) in [5.74, 6) is 0.493. The number of carbonyl (C=O) groups is 1. The Balaban J connectivity index is 2.64. The first kappa shape index (κ1) is 10.4. The molecule has 1 heterocycles. The Morgan fingerprint density at radius 1 is 1.57 bits per heavy atom. The first-order valence-electron chi connectivity index (χ1n) is 4.22. The molecule has 0 bridgehead atoms. The third-order valence-corrected chi connectivity index (χ3v) is 1.93. The number of nitrogens with two attached hydrogens (primary N) is 1. The van der Waals surface area contributed by atoms with Gasteiger partial charge in [-0.1, -0.05) is 0 Å². The number of rotatable bonds is 3. The number of nitrogens with zero attached hydrogens (tertiary/aromatic N) is 3. The quantitative estimate of drug-likeness (QED) is 0.685. The topological polar surface area (TPSA) is 78.2 Å². The summed E-state index contributed by atoms with van der Waals surface area (Å²) in [5, 5.41) is 6.39. The fraction of sp³-hybridized carbons (Fsp3) is 0.500. The van der Waals surface area contributed by atoms with Crippen LogP contribution in [0.4, 0.5) is 11.5 Å². The van der Waals surface area contributed by atoms with E-state index in [1.54, 1.807) is 32.2 Å². The predicted octanol–water partition coefficient (Wildman–Crippen LogP) is -0.484. The van der Waals surface area contributed by atoms with Gasteiger partial charge in [0, 0.05) is 21.1 Å². The standard InChI is InChI=1S/C8H15N5O/c1-12(2)7(14)5-13(3)6-4-10-11-8(6)9/h4H,5H2,1-3H3,(H3,9,10,11). The zero-order chi connectivity index (χ0) is 10.7. The second-order valence-corrected chi connectivity index (χ2v) is 3.31. The van der Waals surface area contributed by atoms with E-state index < -0.39 is 0 Å². The third-order valence-electron chi connectivity index (χ3n) is 1.93. The van der Waals surface area contributed by atoms with Crippen molar-refractivity contribution in [1.82, 2.24) is 15.1 Å². The smallest absolute Gasteiger partial charge is 0.241 e. The molecule has 0 unspecified atom stereocenters. The Hall–Kier alpha value is -1.72. The maximum absolute atomic E-state index is 11.4. The van der Waals surface area contributed by atoms with Gasteiger partial charge in [-0.25, -0.2) is 0 Å². The lowest BCUT2D eigenvalue weighted by Gasteiger charge is -2.19. The predicted molar refractivity (Wildman–Crippen MR) is 55.0 cm³/mol. The molecular weight excluding hydrogens is 182 g/mol. The zero-order valence-corrected chi connectivity index (χ0v) is 8.61. The van der Waals surface area contributed by atoms with Crippen molar-refractivity contribution in [2.45, 2.75) is 0 Å². The van der Waals surface area contributed by atoms with Gasteiger partial charge in [0.1, 0.15) is 5.82 Å². The van der Waals surface area contributed by atoms with E-state index in [9.17, 15) is 4.79 Å². The normalized spacial score (nSPS) is 9.93. The van der Waals surface area contributed by atoms with Crippen molar-refractivity contribution in [3.8, 4) is 0 Å². The van der Waals surface area contributed by atoms with Gasteiger partial charge in [0.25, 0.3) is 0 Å². The van der Waals surface area contributed by atoms with Crippen molar-refractivity contribution in [1.29, 1.82) is 0 Å². The van der Waals surface area contributed by atoms with E-state index in [0.29, 0.717) is 5.82 Å². The maximum Gasteiger partial charge on any atom is 0.241 e. The van der Waals surface area contributed by atoms with Crippen LogP contribution in [0.1, 0.15) is 0 Å². The summed E-state index contributed by atoms with van der Waals surface area (Å²) in [4.78, 5) is 14.7. The summed E-state index contributed by atoms with van der Waals surface area (Å²) >= 11 is 0. The fourth-order valence-corrected chi connectivity index (χ4v) is 1.02. The lowest BCUT2D eigenvalue weighted by atomic mass is 10.4. The molecule has 0 fully saturated rings. The van der Waals surface area contributed by atoms with Crippen LogP contribution >= 0.6 is 0 Å². The van der Waals surface area contributed by atoms with Gasteiger partial charge in [0.2, 0.25) is 5.91 Å². The Labute approximate surface area is 82.7 Å². The minimum Gasteiger partial charge on any atom is -0.382 e. The van der Waals surface area contributed by atoms with Gasteiger partial charge < -0.3 is 15.5 Å². The molecule has 1 aromatic rings. The van der Waals surface area contributed by atoms with Gasteiger partial charge in [-0.2, -0.15) is 5.10 Å². The monoisotopic (exact) mass is 197 g/mol. The van der Waals surface area contributed by atoms with Crippen molar-refractivity contribution in [2.24, 2.45) is 0 Å². The molecule has 0 saturated carbocycles. The average Bonchev–Trinajstić information content (AvgIpc) is 2.51. The van der Waals surface area contributed by atoms with Gasteiger partial charge in [-0.15, -0.1) is 0 Å². The van der Waals surface area contributed by atoms with Gasteiger partial charge in [0.05, 0.1) is 18.4 Å². The van der Waals surface area contributed by atoms with Crippen LogP contribution < -0.4 is 10.6 Å². The highest BCUT2D eigenvalue weighted by Gasteiger charge is 2.12. The molecule has 1 aromatic heterocycles. The molecule has 0 saturated heterocycles. The number of aromatic nitrogens is 2. The van der Waals surface area contributed by atoms with Gasteiger partial charge in [-0.3, -0.25) is 9.89 Å². The molecule has 78 valence electrons. The molecular formula is C8H15N5O. The number of nitrogen functional groups attached to an aromatic ring is 1. The second-order valence-electron chi connectivity index (χ2n) is 3.31. The molecule has 0 aliphatic heterocycles. The molecule has 0 aliphatic rings. The summed E-state index contributed by atoms with van der Waals surface area (Å²) in [7, 11) is 5.23. The summed E-state index contributed by atoms with van der Waals surface area (Å²) in [6.07, 6.45) is 1.60. The molecule has 6 heteroatoms. The van der Waals surface area contributed by atoms with Crippen molar-refractivity contribution in [3.05, 3.63) is 6.20 Å². The first-order valence-corrected chi connectivity index (χ1v) is 4.22. The van der Waals surface area contributed by atoms with E-state index in [-0.39, 0.29) is 12.5 Å². The van der Waals surface area contributed by atoms with E-state index >= 15 is 0 Å². The molecule has 0 atom stereocenters. The van der Waals surface area contributed by atoms with Crippen LogP contribution in [-0.2, 0) is 4.79 Å². The highest BCUT2D eigenvalue weighted by atomic mass is 16.2. The number of hydrogen-bond donors (Lipinski definition) is 2. The van der Waals surface area contributed by atoms with E-state index in [2.05, 4.69) is 10.2 Å². The molecule has 0 radical (unpaired) electrons. The van der Waals surface area contributed by atoms with Crippen molar-refractivity contribution < 1.29 is 4.79 Å². The Kier molecular flexibility index (Phi) is 2.95. The van der Waals surface area contributed by atoms with Crippen LogP contribution in [0.3, 0.4) is 0 Å². The van der Waals surface area contributed by atoms with Gasteiger partial charge in [0.15, 0.2) is 0 Å². The number of likely N-dealkylation sites (N-methyl/N-ethyl adjacent to an activating group) is 2. The van der Waals surface area contributed by atoms with Crippen LogP contribution in [-0.4, -0.2) is 48.7 Å². The molecule has 0 aromatic carbocycles. The Morgan fingerprint density at radius 3 is 2.64 bits per heavy atom. The van der Waals surface area contributed by atoms with E-state index in [1.165, 1.54) is 4.90 Å². The minimum absolute atomic E-state index is 0.0214. The summed E-state index contributed by atoms with van der Waals surface area (Å²) < 4.78 is 0. The molecule has 3 N–H and O–H groups in total. The van der Waals surface area contributed by atoms with E-state index in [0.717, 1.165) is 5.69 Å². The Morgan fingerprint density at radius 2 is 2.21 bits per heavy atom. The number of carbonyl (C=O) groups excluding carboxylic acids is 1. The highest BCUT2D eigenvalue weighted by molar-refractivity contribution is 5.81. The number of H-pyrrole nitrogens is 1. The molecule has 0 spiro atoms. The van der Waals surface area contributed by atoms with Crippen LogP contribution in [0.25, 0.3) is 0 Å². The molecule has 1 amide bonds. The second kappa shape index (κ2) is 3.99. The van der Waals surface area contributed by atoms with Crippen molar-refractivity contribution >= 4 is 17.4 Å². The van der Waals surface area contributed by atoms with E-state index in [4.69, 9.17) is 5.73 Å². The first-order chi connectivity index (χ1) is 6.52. The average molecular weight is 197 g/mol. The highest BCUT2D eigenvalue weighted by Crippen LogP contribution is 2.17. The lowest BCUT2D eigenvalue weighted by molar-refractivity contribution is -0.127. The molecule has 14 heavy (non-hydrogen) atoms. The largest absolute Gasteiger partial charge is 0.382 e. The van der Waals surface area contributed by atoms with Crippen LogP contribution in [0.15, 0.2) is 6.20 Å². The summed E-state index contributed by atoms with van der Waals surface area (Å²) in [5.41, 5.74) is 6.34. The van der Waals surface area contributed by atoms with Crippen LogP contribution in [0, 0.1) is 0 Å². The number of hydrogen-bond acceptors (Lipinski definition) is 4. The zero-order valence-electron chi connectivity index (χ0n) is 8.61. The van der Waals surface area contributed by atoms with Crippen molar-refractivity contribution in [3.63, 3.8) is 0 Å². The van der Waals surface area contributed by atoms with Gasteiger partial charge >= 0.3 is 0 Å².